The molecule has 1 saturated carbocycles. The highest BCUT2D eigenvalue weighted by Crippen LogP contribution is 2.40. The van der Waals surface area contributed by atoms with Crippen LogP contribution < -0.4 is 5.32 Å². The summed E-state index contributed by atoms with van der Waals surface area (Å²) in [5.74, 6) is 1.65. The molecule has 1 aromatic carbocycles. The van der Waals surface area contributed by atoms with Crippen LogP contribution in [0.25, 0.3) is 17.3 Å². The summed E-state index contributed by atoms with van der Waals surface area (Å²) in [6.45, 7) is 10.6. The van der Waals surface area contributed by atoms with Crippen LogP contribution in [-0.2, 0) is 16.0 Å². The number of aromatic hydroxyl groups is 1. The molecule has 5 rings (SSSR count). The van der Waals surface area contributed by atoms with E-state index in [1.807, 2.05) is 11.0 Å². The molecule has 0 bridgehead atoms. The summed E-state index contributed by atoms with van der Waals surface area (Å²) in [5.41, 5.74) is 6.89. The fourth-order valence-electron chi connectivity index (χ4n) is 5.91. The smallest absolute Gasteiger partial charge is 0.250 e. The zero-order chi connectivity index (χ0) is 26.6. The van der Waals surface area contributed by atoms with E-state index < -0.39 is 0 Å². The molecule has 1 amide bonds. The molecule has 1 aromatic heterocycles. The van der Waals surface area contributed by atoms with E-state index in [-0.39, 0.29) is 11.8 Å². The number of hydrogen-bond donors (Lipinski definition) is 2. The maximum absolute atomic E-state index is 13.6. The van der Waals surface area contributed by atoms with E-state index in [0.29, 0.717) is 38.0 Å². The molecule has 6 heteroatoms. The minimum atomic E-state index is 0.0916. The first-order valence-corrected chi connectivity index (χ1v) is 14.5. The van der Waals surface area contributed by atoms with Gasteiger partial charge in [0.1, 0.15) is 5.75 Å². The number of carbonyl (C=O) groups excluding carboxylic acids is 1. The van der Waals surface area contributed by atoms with Crippen LogP contribution in [0.4, 0.5) is 0 Å². The molecule has 2 saturated heterocycles. The van der Waals surface area contributed by atoms with Crippen LogP contribution in [0.5, 0.6) is 5.75 Å². The standard InChI is InChI=1S/C32H43N3O3/c1-21(2)26(32(37)35-14-16-38-17-15-35)18-27-22(3)34-29(19-28(27)25-7-5-13-33-20-25)31-24(6-4-8-30(31)36)12-11-23-9-10-23/h4,6,8,18-19,21,23,25,33,36H,5,7,9-17,20H2,1-3H3/b26-18+. The summed E-state index contributed by atoms with van der Waals surface area (Å²) in [5, 5.41) is 14.6. The molecule has 2 N–H and O–H groups in total. The molecule has 3 aliphatic rings. The number of nitrogens with zero attached hydrogens (tertiary/aromatic N) is 2. The topological polar surface area (TPSA) is 74.7 Å². The number of phenolic OH excluding ortho intramolecular Hbond substituents is 1. The molecule has 1 aliphatic carbocycles. The van der Waals surface area contributed by atoms with Gasteiger partial charge in [-0.25, -0.2) is 0 Å². The first kappa shape index (κ1) is 26.9. The Morgan fingerprint density at radius 1 is 1.24 bits per heavy atom. The van der Waals surface area contributed by atoms with E-state index in [9.17, 15) is 9.90 Å². The summed E-state index contributed by atoms with van der Waals surface area (Å²) < 4.78 is 5.48. The molecule has 6 nitrogen and oxygen atoms in total. The highest BCUT2D eigenvalue weighted by atomic mass is 16.5. The molecule has 1 unspecified atom stereocenters. The lowest BCUT2D eigenvalue weighted by atomic mass is 9.85. The van der Waals surface area contributed by atoms with Crippen molar-refractivity contribution in [3.8, 4) is 17.0 Å². The van der Waals surface area contributed by atoms with Crippen molar-refractivity contribution in [2.45, 2.75) is 65.2 Å². The number of aryl methyl sites for hydroxylation is 2. The lowest BCUT2D eigenvalue weighted by molar-refractivity contribution is -0.131. The summed E-state index contributed by atoms with van der Waals surface area (Å²) in [7, 11) is 0. The maximum Gasteiger partial charge on any atom is 0.250 e. The van der Waals surface area contributed by atoms with Gasteiger partial charge in [-0.15, -0.1) is 0 Å². The molecule has 3 fully saturated rings. The number of morpholine rings is 1. The van der Waals surface area contributed by atoms with Gasteiger partial charge in [-0.2, -0.15) is 0 Å². The summed E-state index contributed by atoms with van der Waals surface area (Å²) >= 11 is 0. The van der Waals surface area contributed by atoms with Gasteiger partial charge in [0.15, 0.2) is 0 Å². The van der Waals surface area contributed by atoms with Crippen molar-refractivity contribution in [1.82, 2.24) is 15.2 Å². The Balaban J connectivity index is 1.59. The predicted octanol–water partition coefficient (Wildman–Crippen LogP) is 5.47. The van der Waals surface area contributed by atoms with Gasteiger partial charge >= 0.3 is 0 Å². The Hall–Kier alpha value is -2.70. The maximum atomic E-state index is 13.6. The quantitative estimate of drug-likeness (QED) is 0.454. The zero-order valence-electron chi connectivity index (χ0n) is 23.3. The highest BCUT2D eigenvalue weighted by Gasteiger charge is 2.27. The van der Waals surface area contributed by atoms with Crippen molar-refractivity contribution >= 4 is 12.0 Å². The number of hydrogen-bond acceptors (Lipinski definition) is 5. The molecule has 2 aliphatic heterocycles. The van der Waals surface area contributed by atoms with Gasteiger partial charge in [0.05, 0.1) is 18.9 Å². The lowest BCUT2D eigenvalue weighted by Gasteiger charge is -2.29. The summed E-state index contributed by atoms with van der Waals surface area (Å²) in [6, 6.07) is 8.06. The van der Waals surface area contributed by atoms with Crippen molar-refractivity contribution in [3.05, 3.63) is 52.2 Å². The van der Waals surface area contributed by atoms with E-state index in [0.717, 1.165) is 72.8 Å². The molecule has 0 radical (unpaired) electrons. The SMILES string of the molecule is Cc1nc(-c2c(O)cccc2CCC2CC2)cc(C2CCCNC2)c1/C=C(/C(=O)N1CCOCC1)C(C)C. The molecule has 38 heavy (non-hydrogen) atoms. The second-order valence-electron chi connectivity index (χ2n) is 11.6. The van der Waals surface area contributed by atoms with Crippen LogP contribution in [0.15, 0.2) is 29.8 Å². The van der Waals surface area contributed by atoms with E-state index >= 15 is 0 Å². The number of rotatable bonds is 8. The van der Waals surface area contributed by atoms with E-state index in [4.69, 9.17) is 9.72 Å². The third kappa shape index (κ3) is 6.13. The molecule has 0 spiro atoms. The minimum Gasteiger partial charge on any atom is -0.507 e. The van der Waals surface area contributed by atoms with Crippen LogP contribution >= 0.6 is 0 Å². The van der Waals surface area contributed by atoms with Gasteiger partial charge in [-0.3, -0.25) is 9.78 Å². The molecular formula is C32H43N3O3. The van der Waals surface area contributed by atoms with Gasteiger partial charge in [0.2, 0.25) is 5.91 Å². The second-order valence-corrected chi connectivity index (χ2v) is 11.6. The van der Waals surface area contributed by atoms with E-state index in [1.165, 1.54) is 24.0 Å². The summed E-state index contributed by atoms with van der Waals surface area (Å²) in [4.78, 5) is 20.6. The van der Waals surface area contributed by atoms with Gasteiger partial charge in [-0.1, -0.05) is 38.8 Å². The number of piperidine rings is 1. The number of ether oxygens (including phenoxy) is 1. The highest BCUT2D eigenvalue weighted by molar-refractivity contribution is 5.98. The fraction of sp³-hybridized carbons (Fsp3) is 0.562. The first-order chi connectivity index (χ1) is 18.4. The number of carbonyl (C=O) groups is 1. The number of benzene rings is 1. The first-order valence-electron chi connectivity index (χ1n) is 14.5. The Kier molecular flexibility index (Phi) is 8.49. The van der Waals surface area contributed by atoms with Crippen LogP contribution in [-0.4, -0.2) is 60.3 Å². The minimum absolute atomic E-state index is 0.0916. The summed E-state index contributed by atoms with van der Waals surface area (Å²) in [6.07, 6.45) is 9.11. The van der Waals surface area contributed by atoms with E-state index in [2.05, 4.69) is 44.3 Å². The average Bonchev–Trinajstić information content (AvgIpc) is 3.76. The number of phenols is 1. The lowest BCUT2D eigenvalue weighted by Crippen LogP contribution is -2.42. The molecule has 1 atom stereocenters. The fourth-order valence-corrected chi connectivity index (χ4v) is 5.91. The third-order valence-corrected chi connectivity index (χ3v) is 8.39. The molecular weight excluding hydrogens is 474 g/mol. The average molecular weight is 518 g/mol. The predicted molar refractivity (Wildman–Crippen MR) is 152 cm³/mol. The largest absolute Gasteiger partial charge is 0.507 e. The Morgan fingerprint density at radius 3 is 2.71 bits per heavy atom. The van der Waals surface area contributed by atoms with Crippen LogP contribution in [0.3, 0.4) is 0 Å². The van der Waals surface area contributed by atoms with Crippen molar-refractivity contribution in [1.29, 1.82) is 0 Å². The normalized spacial score (nSPS) is 20.7. The van der Waals surface area contributed by atoms with Crippen LogP contribution in [0.1, 0.15) is 74.3 Å². The molecule has 2 aromatic rings. The van der Waals surface area contributed by atoms with Crippen LogP contribution in [0.2, 0.25) is 0 Å². The number of amides is 1. The van der Waals surface area contributed by atoms with Gasteiger partial charge < -0.3 is 20.1 Å². The van der Waals surface area contributed by atoms with Crippen molar-refractivity contribution < 1.29 is 14.6 Å². The van der Waals surface area contributed by atoms with E-state index in [1.54, 1.807) is 6.07 Å². The monoisotopic (exact) mass is 517 g/mol. The van der Waals surface area contributed by atoms with Gasteiger partial charge in [0.25, 0.3) is 0 Å². The number of nitrogens with one attached hydrogen (secondary N) is 1. The Bertz CT molecular complexity index is 1170. The van der Waals surface area contributed by atoms with Crippen molar-refractivity contribution in [2.75, 3.05) is 39.4 Å². The van der Waals surface area contributed by atoms with Crippen molar-refractivity contribution in [2.24, 2.45) is 11.8 Å². The zero-order valence-corrected chi connectivity index (χ0v) is 23.3. The second kappa shape index (κ2) is 12.0. The molecule has 3 heterocycles. The Morgan fingerprint density at radius 2 is 2.03 bits per heavy atom. The third-order valence-electron chi connectivity index (χ3n) is 8.39. The van der Waals surface area contributed by atoms with Gasteiger partial charge in [0, 0.05) is 36.5 Å². The Labute approximate surface area is 227 Å². The number of aromatic nitrogens is 1. The van der Waals surface area contributed by atoms with Crippen molar-refractivity contribution in [3.63, 3.8) is 0 Å². The van der Waals surface area contributed by atoms with Gasteiger partial charge in [-0.05, 0) is 91.8 Å². The van der Waals surface area contributed by atoms with Crippen LogP contribution in [0, 0.1) is 18.8 Å². The number of pyridine rings is 1. The molecule has 204 valence electrons.